The van der Waals surface area contributed by atoms with Gasteiger partial charge in [0.25, 0.3) is 0 Å². The number of oxime groups is 1. The highest BCUT2D eigenvalue weighted by atomic mass is 16.4. The van der Waals surface area contributed by atoms with Gasteiger partial charge in [0, 0.05) is 6.20 Å². The fourth-order valence-corrected chi connectivity index (χ4v) is 2.12. The zero-order valence-electron chi connectivity index (χ0n) is 9.08. The zero-order chi connectivity index (χ0) is 11.4. The van der Waals surface area contributed by atoms with E-state index in [1.165, 1.54) is 0 Å². The van der Waals surface area contributed by atoms with Gasteiger partial charge in [0.05, 0.1) is 5.69 Å². The second-order valence-electron chi connectivity index (χ2n) is 3.93. The van der Waals surface area contributed by atoms with E-state index in [-0.39, 0.29) is 11.9 Å². The molecule has 0 aromatic carbocycles. The second-order valence-corrected chi connectivity index (χ2v) is 3.93. The Bertz CT molecular complexity index is 360. The van der Waals surface area contributed by atoms with E-state index in [4.69, 9.17) is 10.9 Å². The highest BCUT2D eigenvalue weighted by Crippen LogP contribution is 2.23. The Morgan fingerprint density at radius 1 is 1.44 bits per heavy atom. The first-order valence-electron chi connectivity index (χ1n) is 5.45. The quantitative estimate of drug-likeness (QED) is 0.344. The van der Waals surface area contributed by atoms with Crippen molar-refractivity contribution in [1.29, 1.82) is 0 Å². The van der Waals surface area contributed by atoms with Gasteiger partial charge in [0.2, 0.25) is 0 Å². The molecule has 0 amide bonds. The van der Waals surface area contributed by atoms with Crippen molar-refractivity contribution in [2.75, 3.05) is 13.1 Å². The molecule has 1 aliphatic rings. The number of nitrogens with zero attached hydrogens (tertiary/aromatic N) is 3. The van der Waals surface area contributed by atoms with E-state index < -0.39 is 0 Å². The van der Waals surface area contributed by atoms with Gasteiger partial charge in [0.1, 0.15) is 6.04 Å². The van der Waals surface area contributed by atoms with Gasteiger partial charge >= 0.3 is 0 Å². The average Bonchev–Trinajstić information content (AvgIpc) is 2.84. The summed E-state index contributed by atoms with van der Waals surface area (Å²) in [7, 11) is 0. The molecule has 0 bridgehead atoms. The summed E-state index contributed by atoms with van der Waals surface area (Å²) in [5, 5.41) is 12.0. The molecule has 16 heavy (non-hydrogen) atoms. The van der Waals surface area contributed by atoms with Gasteiger partial charge < -0.3 is 10.9 Å². The zero-order valence-corrected chi connectivity index (χ0v) is 9.08. The lowest BCUT2D eigenvalue weighted by Crippen LogP contribution is -2.36. The Kier molecular flexibility index (Phi) is 3.36. The van der Waals surface area contributed by atoms with E-state index in [9.17, 15) is 0 Å². The number of pyridine rings is 1. The monoisotopic (exact) mass is 220 g/mol. The smallest absolute Gasteiger partial charge is 0.162 e. The molecule has 1 aromatic rings. The molecule has 1 atom stereocenters. The fourth-order valence-electron chi connectivity index (χ4n) is 2.12. The highest BCUT2D eigenvalue weighted by Gasteiger charge is 2.27. The number of likely N-dealkylation sites (tertiary alicyclic amines) is 1. The molecule has 1 saturated heterocycles. The Morgan fingerprint density at radius 3 is 2.75 bits per heavy atom. The molecule has 5 heteroatoms. The van der Waals surface area contributed by atoms with Crippen molar-refractivity contribution in [3.63, 3.8) is 0 Å². The first-order valence-corrected chi connectivity index (χ1v) is 5.45. The van der Waals surface area contributed by atoms with Gasteiger partial charge in [-0.2, -0.15) is 0 Å². The van der Waals surface area contributed by atoms with Crippen molar-refractivity contribution in [3.05, 3.63) is 30.1 Å². The summed E-state index contributed by atoms with van der Waals surface area (Å²) in [6, 6.07) is 5.47. The van der Waals surface area contributed by atoms with Crippen LogP contribution in [0.25, 0.3) is 0 Å². The minimum Gasteiger partial charge on any atom is -0.409 e. The van der Waals surface area contributed by atoms with E-state index in [1.54, 1.807) is 6.20 Å². The summed E-state index contributed by atoms with van der Waals surface area (Å²) in [5.41, 5.74) is 6.58. The largest absolute Gasteiger partial charge is 0.409 e. The summed E-state index contributed by atoms with van der Waals surface area (Å²) < 4.78 is 0. The predicted molar refractivity (Wildman–Crippen MR) is 61.2 cm³/mol. The van der Waals surface area contributed by atoms with Crippen LogP contribution in [0.2, 0.25) is 0 Å². The number of hydrogen-bond acceptors (Lipinski definition) is 4. The molecule has 1 unspecified atom stereocenters. The molecule has 1 aromatic heterocycles. The van der Waals surface area contributed by atoms with Gasteiger partial charge in [-0.3, -0.25) is 9.88 Å². The third-order valence-electron chi connectivity index (χ3n) is 2.87. The minimum atomic E-state index is -0.200. The van der Waals surface area contributed by atoms with Gasteiger partial charge in [-0.15, -0.1) is 0 Å². The molecule has 0 spiro atoms. The van der Waals surface area contributed by atoms with Crippen LogP contribution in [0.5, 0.6) is 0 Å². The van der Waals surface area contributed by atoms with Crippen molar-refractivity contribution in [2.24, 2.45) is 10.9 Å². The van der Waals surface area contributed by atoms with Crippen LogP contribution in [0.4, 0.5) is 0 Å². The topological polar surface area (TPSA) is 74.7 Å². The van der Waals surface area contributed by atoms with Crippen LogP contribution in [0, 0.1) is 0 Å². The second kappa shape index (κ2) is 4.94. The van der Waals surface area contributed by atoms with Crippen molar-refractivity contribution >= 4 is 5.84 Å². The molecule has 2 heterocycles. The summed E-state index contributed by atoms with van der Waals surface area (Å²) in [6.07, 6.45) is 4.03. The molecule has 2 rings (SSSR count). The molecule has 0 aliphatic carbocycles. The van der Waals surface area contributed by atoms with Crippen molar-refractivity contribution < 1.29 is 5.21 Å². The lowest BCUT2D eigenvalue weighted by Gasteiger charge is -2.25. The summed E-state index contributed by atoms with van der Waals surface area (Å²) in [5.74, 6) is 0.209. The van der Waals surface area contributed by atoms with Crippen LogP contribution >= 0.6 is 0 Å². The van der Waals surface area contributed by atoms with Crippen molar-refractivity contribution in [1.82, 2.24) is 9.88 Å². The summed E-state index contributed by atoms with van der Waals surface area (Å²) >= 11 is 0. The van der Waals surface area contributed by atoms with Gasteiger partial charge in [-0.1, -0.05) is 11.2 Å². The van der Waals surface area contributed by atoms with Crippen LogP contribution in [0.15, 0.2) is 29.6 Å². The van der Waals surface area contributed by atoms with Crippen LogP contribution in [0.1, 0.15) is 24.6 Å². The standard InChI is InChI=1S/C11H16N4O/c12-11(14-16)10(15-7-3-4-8-15)9-5-1-2-6-13-9/h1-2,5-6,10,16H,3-4,7-8H2,(H2,12,14). The molecule has 3 N–H and O–H groups in total. The number of aromatic nitrogens is 1. The van der Waals surface area contributed by atoms with Crippen LogP contribution in [-0.2, 0) is 0 Å². The molecule has 1 fully saturated rings. The number of amidine groups is 1. The SMILES string of the molecule is N/C(=N\O)C(c1ccccn1)N1CCCC1. The highest BCUT2D eigenvalue weighted by molar-refractivity contribution is 5.86. The maximum absolute atomic E-state index is 8.84. The van der Waals surface area contributed by atoms with E-state index in [2.05, 4.69) is 15.0 Å². The Hall–Kier alpha value is -1.62. The lowest BCUT2D eigenvalue weighted by atomic mass is 10.1. The molecule has 1 aliphatic heterocycles. The van der Waals surface area contributed by atoms with Crippen LogP contribution in [0.3, 0.4) is 0 Å². The molecule has 0 saturated carbocycles. The lowest BCUT2D eigenvalue weighted by molar-refractivity contribution is 0.275. The van der Waals surface area contributed by atoms with E-state index in [0.717, 1.165) is 31.6 Å². The van der Waals surface area contributed by atoms with E-state index in [1.807, 2.05) is 18.2 Å². The van der Waals surface area contributed by atoms with Gasteiger partial charge in [-0.05, 0) is 38.1 Å². The molecule has 0 radical (unpaired) electrons. The van der Waals surface area contributed by atoms with Crippen LogP contribution in [-0.4, -0.2) is 34.0 Å². The van der Waals surface area contributed by atoms with Crippen LogP contribution < -0.4 is 5.73 Å². The van der Waals surface area contributed by atoms with Crippen molar-refractivity contribution in [3.8, 4) is 0 Å². The number of nitrogens with two attached hydrogens (primary N) is 1. The molecular weight excluding hydrogens is 204 g/mol. The maximum Gasteiger partial charge on any atom is 0.162 e. The van der Waals surface area contributed by atoms with Gasteiger partial charge in [-0.25, -0.2) is 0 Å². The van der Waals surface area contributed by atoms with E-state index in [0.29, 0.717) is 0 Å². The predicted octanol–water partition coefficient (Wildman–Crippen LogP) is 0.965. The van der Waals surface area contributed by atoms with Crippen molar-refractivity contribution in [2.45, 2.75) is 18.9 Å². The number of rotatable bonds is 3. The average molecular weight is 220 g/mol. The molecule has 86 valence electrons. The number of hydrogen-bond donors (Lipinski definition) is 2. The first-order chi connectivity index (χ1) is 7.83. The molecule has 5 nitrogen and oxygen atoms in total. The van der Waals surface area contributed by atoms with Gasteiger partial charge in [0.15, 0.2) is 5.84 Å². The Labute approximate surface area is 94.6 Å². The first kappa shape index (κ1) is 10.9. The third-order valence-corrected chi connectivity index (χ3v) is 2.87. The summed E-state index contributed by atoms with van der Waals surface area (Å²) in [6.45, 7) is 1.94. The Morgan fingerprint density at radius 2 is 2.19 bits per heavy atom. The third kappa shape index (κ3) is 2.14. The maximum atomic E-state index is 8.84. The fraction of sp³-hybridized carbons (Fsp3) is 0.455. The summed E-state index contributed by atoms with van der Waals surface area (Å²) in [4.78, 5) is 6.47. The minimum absolute atomic E-state index is 0.200. The van der Waals surface area contributed by atoms with E-state index >= 15 is 0 Å². The molecular formula is C11H16N4O. The Balaban J connectivity index is 2.27. The normalized spacial score (nSPS) is 19.9.